The lowest BCUT2D eigenvalue weighted by Crippen LogP contribution is -2.21. The van der Waals surface area contributed by atoms with Crippen molar-refractivity contribution in [2.24, 2.45) is 0 Å². The molecule has 0 fully saturated rings. The molecule has 0 rings (SSSR count). The van der Waals surface area contributed by atoms with Crippen molar-refractivity contribution in [2.75, 3.05) is 0 Å². The average molecular weight is 360 g/mol. The van der Waals surface area contributed by atoms with Gasteiger partial charge in [0.2, 0.25) is 0 Å². The second-order valence-corrected chi connectivity index (χ2v) is 5.19. The zero-order chi connectivity index (χ0) is 17.6. The van der Waals surface area contributed by atoms with Gasteiger partial charge in [0.25, 0.3) is 5.97 Å². The summed E-state index contributed by atoms with van der Waals surface area (Å²) in [4.78, 5) is 9.00. The van der Waals surface area contributed by atoms with Crippen LogP contribution >= 0.6 is 0 Å². The van der Waals surface area contributed by atoms with Crippen LogP contribution in [0.4, 0.5) is 26.3 Å². The third-order valence-electron chi connectivity index (χ3n) is 0.585. The van der Waals surface area contributed by atoms with Gasteiger partial charge in [-0.2, -0.15) is 43.2 Å². The standard InChI is InChI=1S/C2H4O2.2CHF3O3S/c1-2(3)4;2*2-1(3,4)8(5,6)7/h1H3,(H,3,4);2*(H,5,6,7). The highest BCUT2D eigenvalue weighted by atomic mass is 32.2. The summed E-state index contributed by atoms with van der Waals surface area (Å²) in [5.74, 6) is -0.833. The van der Waals surface area contributed by atoms with E-state index in [0.717, 1.165) is 6.92 Å². The molecular formula is C4H6F6O8S2. The summed E-state index contributed by atoms with van der Waals surface area (Å²) in [5, 5.41) is 7.42. The second kappa shape index (κ2) is 7.60. The number of alkyl halides is 6. The Bertz CT molecular complexity index is 452. The van der Waals surface area contributed by atoms with E-state index in [9.17, 15) is 26.3 Å². The summed E-state index contributed by atoms with van der Waals surface area (Å²) in [6.07, 6.45) is 0. The maximum Gasteiger partial charge on any atom is 0.522 e. The van der Waals surface area contributed by atoms with Crippen LogP contribution in [0.5, 0.6) is 0 Å². The number of rotatable bonds is 0. The van der Waals surface area contributed by atoms with Crippen LogP contribution in [0.2, 0.25) is 0 Å². The lowest BCUT2D eigenvalue weighted by Gasteiger charge is -1.97. The molecule has 0 heterocycles. The number of aliphatic carboxylic acids is 1. The van der Waals surface area contributed by atoms with E-state index >= 15 is 0 Å². The molecule has 0 amide bonds. The summed E-state index contributed by atoms with van der Waals surface area (Å²) in [5.41, 5.74) is -11.1. The lowest BCUT2D eigenvalue weighted by molar-refractivity contribution is -0.134. The van der Waals surface area contributed by atoms with Crippen LogP contribution in [-0.4, -0.2) is 48.0 Å². The predicted molar refractivity (Wildman–Crippen MR) is 48.5 cm³/mol. The first-order valence-corrected chi connectivity index (χ1v) is 6.38. The van der Waals surface area contributed by atoms with Crippen molar-refractivity contribution < 1.29 is 62.2 Å². The van der Waals surface area contributed by atoms with Gasteiger partial charge in [-0.05, 0) is 0 Å². The van der Waals surface area contributed by atoms with Crippen molar-refractivity contribution in [3.63, 3.8) is 0 Å². The minimum atomic E-state index is -5.84. The summed E-state index contributed by atoms with van der Waals surface area (Å²) >= 11 is 0. The Balaban J connectivity index is -0.000000230. The van der Waals surface area contributed by atoms with E-state index in [0.29, 0.717) is 0 Å². The molecule has 8 nitrogen and oxygen atoms in total. The predicted octanol–water partition coefficient (Wildman–Crippen LogP) is 0.879. The molecule has 0 saturated carbocycles. The highest BCUT2D eigenvalue weighted by molar-refractivity contribution is 7.86. The molecule has 0 unspecified atom stereocenters. The molecule has 0 bridgehead atoms. The molecule has 0 atom stereocenters. The van der Waals surface area contributed by atoms with Gasteiger partial charge in [0.05, 0.1) is 0 Å². The van der Waals surface area contributed by atoms with Gasteiger partial charge in [0.1, 0.15) is 0 Å². The van der Waals surface area contributed by atoms with Crippen LogP contribution in [0.25, 0.3) is 0 Å². The number of carboxylic acid groups (broad SMARTS) is 1. The number of halogens is 6. The van der Waals surface area contributed by atoms with Gasteiger partial charge in [-0.3, -0.25) is 13.9 Å². The number of carboxylic acids is 1. The monoisotopic (exact) mass is 360 g/mol. The molecule has 0 spiro atoms. The fourth-order valence-electron chi connectivity index (χ4n) is 0. The quantitative estimate of drug-likeness (QED) is 0.328. The molecule has 0 saturated heterocycles. The highest BCUT2D eigenvalue weighted by Crippen LogP contribution is 2.21. The molecule has 16 heteroatoms. The largest absolute Gasteiger partial charge is 0.522 e. The van der Waals surface area contributed by atoms with Crippen LogP contribution in [0.15, 0.2) is 0 Å². The second-order valence-electron chi connectivity index (χ2n) is 2.36. The molecule has 20 heavy (non-hydrogen) atoms. The minimum Gasteiger partial charge on any atom is -0.481 e. The first kappa shape index (κ1) is 23.9. The molecule has 3 N–H and O–H groups in total. The fourth-order valence-corrected chi connectivity index (χ4v) is 0. The molecule has 0 aliphatic heterocycles. The van der Waals surface area contributed by atoms with Gasteiger partial charge in [-0.15, -0.1) is 0 Å². The van der Waals surface area contributed by atoms with Crippen LogP contribution in [0.3, 0.4) is 0 Å². The minimum absolute atomic E-state index is 0.833. The van der Waals surface area contributed by atoms with Gasteiger partial charge in [-0.1, -0.05) is 0 Å². The van der Waals surface area contributed by atoms with E-state index in [1.54, 1.807) is 0 Å². The van der Waals surface area contributed by atoms with E-state index < -0.39 is 37.2 Å². The van der Waals surface area contributed by atoms with Crippen LogP contribution < -0.4 is 0 Å². The summed E-state index contributed by atoms with van der Waals surface area (Å²) < 4.78 is 115. The number of hydrogen-bond donors (Lipinski definition) is 3. The first-order valence-electron chi connectivity index (χ1n) is 3.50. The van der Waals surface area contributed by atoms with Gasteiger partial charge in [0, 0.05) is 6.92 Å². The zero-order valence-electron chi connectivity index (χ0n) is 8.97. The van der Waals surface area contributed by atoms with Crippen molar-refractivity contribution in [3.8, 4) is 0 Å². The van der Waals surface area contributed by atoms with Crippen molar-refractivity contribution in [3.05, 3.63) is 0 Å². The fraction of sp³-hybridized carbons (Fsp3) is 0.750. The maximum absolute atomic E-state index is 10.7. The van der Waals surface area contributed by atoms with Crippen LogP contribution in [0.1, 0.15) is 6.92 Å². The highest BCUT2D eigenvalue weighted by Gasteiger charge is 2.45. The summed E-state index contributed by atoms with van der Waals surface area (Å²) in [7, 11) is -11.7. The Morgan fingerprint density at radius 2 is 0.850 bits per heavy atom. The molecule has 0 aromatic rings. The Labute approximate surface area is 107 Å². The van der Waals surface area contributed by atoms with Crippen molar-refractivity contribution in [1.29, 1.82) is 0 Å². The molecule has 0 aliphatic rings. The third-order valence-corrected chi connectivity index (χ3v) is 1.75. The zero-order valence-corrected chi connectivity index (χ0v) is 10.6. The van der Waals surface area contributed by atoms with Gasteiger partial charge < -0.3 is 5.11 Å². The van der Waals surface area contributed by atoms with Crippen molar-refractivity contribution >= 4 is 26.2 Å². The topological polar surface area (TPSA) is 146 Å². The average Bonchev–Trinajstić information content (AvgIpc) is 1.94. The van der Waals surface area contributed by atoms with Gasteiger partial charge in [-0.25, -0.2) is 0 Å². The van der Waals surface area contributed by atoms with Gasteiger partial charge in [0.15, 0.2) is 0 Å². The van der Waals surface area contributed by atoms with Gasteiger partial charge >= 0.3 is 31.3 Å². The molecule has 0 aliphatic carbocycles. The summed E-state index contributed by atoms with van der Waals surface area (Å²) in [6.45, 7) is 1.08. The number of carbonyl (C=O) groups is 1. The summed E-state index contributed by atoms with van der Waals surface area (Å²) in [6, 6.07) is 0. The van der Waals surface area contributed by atoms with E-state index in [1.807, 2.05) is 0 Å². The van der Waals surface area contributed by atoms with E-state index in [-0.39, 0.29) is 0 Å². The van der Waals surface area contributed by atoms with E-state index in [2.05, 4.69) is 0 Å². The first-order chi connectivity index (χ1) is 8.23. The molecular weight excluding hydrogens is 354 g/mol. The van der Waals surface area contributed by atoms with Crippen molar-refractivity contribution in [1.82, 2.24) is 0 Å². The van der Waals surface area contributed by atoms with Crippen molar-refractivity contribution in [2.45, 2.75) is 17.9 Å². The molecule has 124 valence electrons. The smallest absolute Gasteiger partial charge is 0.481 e. The van der Waals surface area contributed by atoms with Crippen LogP contribution in [0, 0.1) is 0 Å². The normalized spacial score (nSPS) is 12.4. The number of hydrogen-bond acceptors (Lipinski definition) is 5. The molecule has 0 aromatic carbocycles. The third kappa shape index (κ3) is 14.9. The lowest BCUT2D eigenvalue weighted by atomic mass is 10.9. The maximum atomic E-state index is 10.7. The SMILES string of the molecule is CC(=O)O.O=S(=O)(O)C(F)(F)F.O=S(=O)(O)C(F)(F)F. The van der Waals surface area contributed by atoms with E-state index in [1.165, 1.54) is 0 Å². The van der Waals surface area contributed by atoms with Crippen LogP contribution in [-0.2, 0) is 25.0 Å². The Kier molecular flexibility index (Phi) is 9.09. The Morgan fingerprint density at radius 3 is 0.850 bits per heavy atom. The van der Waals surface area contributed by atoms with E-state index in [4.69, 9.17) is 35.8 Å². The molecule has 0 aromatic heterocycles. The molecule has 0 radical (unpaired) electrons. The Hall–Kier alpha value is -1.13. The Morgan fingerprint density at radius 1 is 0.800 bits per heavy atom.